The number of carbonyl (C=O) groups is 2. The molecule has 1 heterocycles. The topological polar surface area (TPSA) is 74.8 Å². The second kappa shape index (κ2) is 8.15. The number of fused-ring (bicyclic) bond motifs is 1. The number of amides is 2. The van der Waals surface area contributed by atoms with Crippen molar-refractivity contribution in [3.05, 3.63) is 65.2 Å². The number of hydrogen-bond donors (Lipinski definition) is 3. The van der Waals surface area contributed by atoms with E-state index in [9.17, 15) is 9.59 Å². The van der Waals surface area contributed by atoms with Crippen LogP contribution in [0.1, 0.15) is 30.5 Å². The van der Waals surface area contributed by atoms with Gasteiger partial charge in [0, 0.05) is 17.7 Å². The predicted molar refractivity (Wildman–Crippen MR) is 102 cm³/mol. The Balaban J connectivity index is 1.54. The summed E-state index contributed by atoms with van der Waals surface area (Å²) < 4.78 is 0. The first-order valence-electron chi connectivity index (χ1n) is 9.17. The fraction of sp³-hybridized carbons (Fsp3) is 0.333. The fourth-order valence-corrected chi connectivity index (χ4v) is 3.21. The second-order valence-corrected chi connectivity index (χ2v) is 6.79. The van der Waals surface area contributed by atoms with Crippen LogP contribution in [-0.4, -0.2) is 23.9 Å². The van der Waals surface area contributed by atoms with Crippen molar-refractivity contribution in [2.24, 2.45) is 0 Å². The average Bonchev–Trinajstić information content (AvgIpc) is 2.68. The summed E-state index contributed by atoms with van der Waals surface area (Å²) in [5.74, 6) is -0.303. The minimum atomic E-state index is -0.584. The third kappa shape index (κ3) is 4.29. The quantitative estimate of drug-likeness (QED) is 0.760. The maximum absolute atomic E-state index is 12.5. The second-order valence-electron chi connectivity index (χ2n) is 6.79. The molecule has 1 aliphatic rings. The Morgan fingerprint density at radius 2 is 1.81 bits per heavy atom. The van der Waals surface area contributed by atoms with Crippen molar-refractivity contribution in [3.8, 4) is 0 Å². The van der Waals surface area contributed by atoms with E-state index in [2.05, 4.69) is 29.7 Å². The molecule has 0 saturated heterocycles. The first-order valence-corrected chi connectivity index (χ1v) is 9.17. The van der Waals surface area contributed by atoms with Gasteiger partial charge in [0.15, 0.2) is 6.04 Å². The van der Waals surface area contributed by atoms with E-state index in [0.29, 0.717) is 6.42 Å². The third-order valence-electron chi connectivity index (χ3n) is 4.90. The van der Waals surface area contributed by atoms with Crippen molar-refractivity contribution in [2.75, 3.05) is 5.32 Å². The van der Waals surface area contributed by atoms with Crippen molar-refractivity contribution in [1.29, 1.82) is 0 Å². The number of nitrogens with one attached hydrogen (secondary N) is 2. The molecule has 0 bridgehead atoms. The molecule has 5 nitrogen and oxygen atoms in total. The first-order chi connectivity index (χ1) is 12.6. The molecule has 4 N–H and O–H groups in total. The number of quaternary nitrogens is 1. The maximum atomic E-state index is 12.5. The Kier molecular flexibility index (Phi) is 5.68. The van der Waals surface area contributed by atoms with Crippen LogP contribution in [0.15, 0.2) is 48.5 Å². The van der Waals surface area contributed by atoms with Crippen LogP contribution in [0, 0.1) is 0 Å². The highest BCUT2D eigenvalue weighted by molar-refractivity contribution is 5.97. The molecule has 0 radical (unpaired) electrons. The molecule has 0 aliphatic carbocycles. The minimum Gasteiger partial charge on any atom is -0.339 e. The van der Waals surface area contributed by atoms with Crippen LogP contribution >= 0.6 is 0 Å². The summed E-state index contributed by atoms with van der Waals surface area (Å²) in [7, 11) is 0. The molecular weight excluding hydrogens is 326 g/mol. The zero-order valence-electron chi connectivity index (χ0n) is 15.3. The molecule has 2 amide bonds. The van der Waals surface area contributed by atoms with Gasteiger partial charge in [-0.25, -0.2) is 0 Å². The van der Waals surface area contributed by atoms with E-state index in [1.165, 1.54) is 16.7 Å². The van der Waals surface area contributed by atoms with Crippen molar-refractivity contribution >= 4 is 17.5 Å². The van der Waals surface area contributed by atoms with Gasteiger partial charge in [0.05, 0.1) is 0 Å². The molecule has 2 aromatic rings. The zero-order valence-corrected chi connectivity index (χ0v) is 15.3. The van der Waals surface area contributed by atoms with Gasteiger partial charge in [-0.3, -0.25) is 9.59 Å². The molecule has 0 unspecified atom stereocenters. The summed E-state index contributed by atoms with van der Waals surface area (Å²) in [5, 5.41) is 7.73. The van der Waals surface area contributed by atoms with Gasteiger partial charge in [-0.05, 0) is 36.6 Å². The fourth-order valence-electron chi connectivity index (χ4n) is 3.21. The number of nitrogens with two attached hydrogens (primary N) is 1. The smallest absolute Gasteiger partial charge is 0.279 e. The Labute approximate surface area is 154 Å². The highest BCUT2D eigenvalue weighted by Crippen LogP contribution is 2.13. The van der Waals surface area contributed by atoms with Crippen LogP contribution in [-0.2, 0) is 29.0 Å². The first kappa shape index (κ1) is 18.1. The number of benzene rings is 2. The van der Waals surface area contributed by atoms with Crippen LogP contribution in [0.4, 0.5) is 5.69 Å². The molecule has 0 fully saturated rings. The van der Waals surface area contributed by atoms with E-state index >= 15 is 0 Å². The normalized spacial score (nSPS) is 17.1. The van der Waals surface area contributed by atoms with Gasteiger partial charge in [0.25, 0.3) is 5.91 Å². The number of hydrogen-bond acceptors (Lipinski definition) is 2. The Morgan fingerprint density at radius 1 is 1.12 bits per heavy atom. The van der Waals surface area contributed by atoms with E-state index in [1.807, 2.05) is 41.7 Å². The van der Waals surface area contributed by atoms with E-state index in [-0.39, 0.29) is 17.9 Å². The monoisotopic (exact) mass is 352 g/mol. The highest BCUT2D eigenvalue weighted by Gasteiger charge is 2.29. The minimum absolute atomic E-state index is 0.0940. The van der Waals surface area contributed by atoms with Crippen LogP contribution < -0.4 is 16.0 Å². The molecule has 26 heavy (non-hydrogen) atoms. The zero-order chi connectivity index (χ0) is 18.5. The van der Waals surface area contributed by atoms with Gasteiger partial charge < -0.3 is 16.0 Å². The van der Waals surface area contributed by atoms with Crippen LogP contribution in [0.5, 0.6) is 0 Å². The van der Waals surface area contributed by atoms with Crippen molar-refractivity contribution in [2.45, 2.75) is 45.3 Å². The molecule has 136 valence electrons. The summed E-state index contributed by atoms with van der Waals surface area (Å²) in [4.78, 5) is 24.9. The average molecular weight is 352 g/mol. The molecule has 5 heteroatoms. The number of anilines is 1. The molecular formula is C21H26N3O2+. The standard InChI is InChI=1S/C21H25N3O2/c1-3-15-8-10-18(11-9-15)24-20(25)14(2)23-21(26)19-12-16-6-4-5-7-17(16)13-22-19/h4-11,14,19,22H,3,12-13H2,1-2H3,(H,23,26)(H,24,25)/p+1/t14-,19+/m1/s1. The molecule has 0 spiro atoms. The lowest BCUT2D eigenvalue weighted by molar-refractivity contribution is -0.695. The van der Waals surface area contributed by atoms with E-state index in [1.54, 1.807) is 6.92 Å². The third-order valence-corrected chi connectivity index (χ3v) is 4.90. The van der Waals surface area contributed by atoms with Crippen LogP contribution in [0.2, 0.25) is 0 Å². The number of carbonyl (C=O) groups excluding carboxylic acids is 2. The molecule has 2 atom stereocenters. The summed E-state index contributed by atoms with van der Waals surface area (Å²) in [6, 6.07) is 15.2. The lowest BCUT2D eigenvalue weighted by Crippen LogP contribution is -2.93. The van der Waals surface area contributed by atoms with Gasteiger partial charge >= 0.3 is 0 Å². The summed E-state index contributed by atoms with van der Waals surface area (Å²) >= 11 is 0. The van der Waals surface area contributed by atoms with E-state index < -0.39 is 6.04 Å². The van der Waals surface area contributed by atoms with Crippen molar-refractivity contribution in [1.82, 2.24) is 5.32 Å². The van der Waals surface area contributed by atoms with Gasteiger partial charge in [0.2, 0.25) is 5.91 Å². The van der Waals surface area contributed by atoms with E-state index in [0.717, 1.165) is 18.7 Å². The lowest BCUT2D eigenvalue weighted by Gasteiger charge is -2.23. The largest absolute Gasteiger partial charge is 0.339 e. The van der Waals surface area contributed by atoms with E-state index in [4.69, 9.17) is 0 Å². The molecule has 0 aromatic heterocycles. The Morgan fingerprint density at radius 3 is 2.50 bits per heavy atom. The summed E-state index contributed by atoms with van der Waals surface area (Å²) in [6.45, 7) is 4.59. The number of aryl methyl sites for hydroxylation is 1. The maximum Gasteiger partial charge on any atom is 0.279 e. The molecule has 0 saturated carbocycles. The summed E-state index contributed by atoms with van der Waals surface area (Å²) in [5.41, 5.74) is 4.45. The predicted octanol–water partition coefficient (Wildman–Crippen LogP) is 1.38. The van der Waals surface area contributed by atoms with Crippen molar-refractivity contribution < 1.29 is 14.9 Å². The molecule has 1 aliphatic heterocycles. The SMILES string of the molecule is CCc1ccc(NC(=O)[C@@H](C)NC(=O)[C@@H]2Cc3ccccc3C[NH2+]2)cc1. The van der Waals surface area contributed by atoms with Gasteiger partial charge in [0.1, 0.15) is 12.6 Å². The van der Waals surface area contributed by atoms with Crippen LogP contribution in [0.25, 0.3) is 0 Å². The van der Waals surface area contributed by atoms with Gasteiger partial charge in [-0.1, -0.05) is 43.3 Å². The molecule has 3 rings (SSSR count). The number of rotatable bonds is 5. The van der Waals surface area contributed by atoms with Crippen molar-refractivity contribution in [3.63, 3.8) is 0 Å². The Hall–Kier alpha value is -2.66. The molecule has 2 aromatic carbocycles. The van der Waals surface area contributed by atoms with Gasteiger partial charge in [-0.2, -0.15) is 0 Å². The van der Waals surface area contributed by atoms with Crippen LogP contribution in [0.3, 0.4) is 0 Å². The highest BCUT2D eigenvalue weighted by atomic mass is 16.2. The summed E-state index contributed by atoms with van der Waals surface area (Å²) in [6.07, 6.45) is 1.65. The van der Waals surface area contributed by atoms with Gasteiger partial charge in [-0.15, -0.1) is 0 Å². The Bertz CT molecular complexity index is 786. The lowest BCUT2D eigenvalue weighted by atomic mass is 9.95.